The van der Waals surface area contributed by atoms with Gasteiger partial charge in [-0.15, -0.1) is 0 Å². The van der Waals surface area contributed by atoms with Crippen LogP contribution in [0.5, 0.6) is 5.75 Å². The summed E-state index contributed by atoms with van der Waals surface area (Å²) in [5.74, 6) is 0.508. The Hall–Kier alpha value is -3.27. The Morgan fingerprint density at radius 1 is 0.875 bits per heavy atom. The van der Waals surface area contributed by atoms with E-state index in [-0.39, 0.29) is 17.8 Å². The van der Waals surface area contributed by atoms with Crippen molar-refractivity contribution in [1.82, 2.24) is 0 Å². The van der Waals surface area contributed by atoms with E-state index in [4.69, 9.17) is 32.4 Å². The van der Waals surface area contributed by atoms with E-state index in [0.717, 1.165) is 21.9 Å². The van der Waals surface area contributed by atoms with Crippen molar-refractivity contribution in [3.05, 3.63) is 110 Å². The van der Waals surface area contributed by atoms with E-state index in [1.807, 2.05) is 49.4 Å². The molecule has 5 rings (SSSR count). The van der Waals surface area contributed by atoms with Gasteiger partial charge in [-0.3, -0.25) is 4.79 Å². The van der Waals surface area contributed by atoms with E-state index >= 15 is 0 Å². The van der Waals surface area contributed by atoms with Crippen LogP contribution in [0, 0.1) is 6.92 Å². The van der Waals surface area contributed by atoms with Gasteiger partial charge >= 0.3 is 0 Å². The fourth-order valence-corrected chi connectivity index (χ4v) is 4.08. The number of hydrogen-bond acceptors (Lipinski definition) is 3. The van der Waals surface area contributed by atoms with Gasteiger partial charge in [0.1, 0.15) is 12.2 Å². The van der Waals surface area contributed by atoms with Gasteiger partial charge in [0.2, 0.25) is 11.2 Å². The van der Waals surface area contributed by atoms with Crippen LogP contribution >= 0.6 is 23.2 Å². The molecule has 3 nitrogen and oxygen atoms in total. The van der Waals surface area contributed by atoms with Gasteiger partial charge in [-0.25, -0.2) is 0 Å². The summed E-state index contributed by atoms with van der Waals surface area (Å²) in [5, 5.41) is 3.67. The molecule has 0 saturated carbocycles. The molecule has 0 fully saturated rings. The first-order chi connectivity index (χ1) is 15.5. The standard InChI is InChI=1S/C27H18Cl2O3/c1-16-13-24-22(14-23(16)29)25(30)27(26(32-24)18-9-11-20(28)12-10-18)31-15-19-7-4-6-17-5-2-3-8-21(17)19/h2-14H,15H2,1H3. The molecule has 0 unspecified atom stereocenters. The van der Waals surface area contributed by atoms with Crippen molar-refractivity contribution in [2.75, 3.05) is 0 Å². The summed E-state index contributed by atoms with van der Waals surface area (Å²) in [4.78, 5) is 13.5. The van der Waals surface area contributed by atoms with Crippen LogP contribution in [0.1, 0.15) is 11.1 Å². The van der Waals surface area contributed by atoms with E-state index in [1.165, 1.54) is 0 Å². The van der Waals surface area contributed by atoms with Gasteiger partial charge in [0.15, 0.2) is 5.76 Å². The minimum Gasteiger partial charge on any atom is -0.481 e. The molecule has 32 heavy (non-hydrogen) atoms. The Morgan fingerprint density at radius 2 is 1.62 bits per heavy atom. The van der Waals surface area contributed by atoms with Crippen molar-refractivity contribution in [2.45, 2.75) is 13.5 Å². The zero-order chi connectivity index (χ0) is 22.2. The fraction of sp³-hybridized carbons (Fsp3) is 0.0741. The van der Waals surface area contributed by atoms with E-state index in [0.29, 0.717) is 32.3 Å². The molecule has 5 aromatic rings. The summed E-state index contributed by atoms with van der Waals surface area (Å²) in [6, 6.07) is 24.6. The Labute approximate surface area is 194 Å². The number of benzene rings is 4. The Bertz CT molecular complexity index is 1510. The zero-order valence-corrected chi connectivity index (χ0v) is 18.7. The largest absolute Gasteiger partial charge is 0.481 e. The number of aryl methyl sites for hydroxylation is 1. The molecule has 0 saturated heterocycles. The molecule has 0 amide bonds. The number of fused-ring (bicyclic) bond motifs is 2. The molecular formula is C27H18Cl2O3. The van der Waals surface area contributed by atoms with Gasteiger partial charge in [-0.1, -0.05) is 65.7 Å². The van der Waals surface area contributed by atoms with Crippen molar-refractivity contribution < 1.29 is 9.15 Å². The third-order valence-electron chi connectivity index (χ3n) is 5.49. The number of hydrogen-bond donors (Lipinski definition) is 0. The van der Waals surface area contributed by atoms with Gasteiger partial charge in [0.05, 0.1) is 5.39 Å². The zero-order valence-electron chi connectivity index (χ0n) is 17.2. The molecule has 0 radical (unpaired) electrons. The van der Waals surface area contributed by atoms with Crippen LogP contribution in [-0.4, -0.2) is 0 Å². The van der Waals surface area contributed by atoms with E-state index in [2.05, 4.69) is 0 Å². The van der Waals surface area contributed by atoms with Crippen molar-refractivity contribution in [2.24, 2.45) is 0 Å². The maximum absolute atomic E-state index is 13.5. The van der Waals surface area contributed by atoms with E-state index in [1.54, 1.807) is 36.4 Å². The first kappa shape index (κ1) is 20.6. The average Bonchev–Trinajstić information content (AvgIpc) is 2.80. The lowest BCUT2D eigenvalue weighted by atomic mass is 10.1. The molecule has 0 aliphatic rings. The molecule has 0 N–H and O–H groups in total. The second kappa shape index (κ2) is 8.34. The second-order valence-electron chi connectivity index (χ2n) is 7.62. The maximum Gasteiger partial charge on any atom is 0.235 e. The summed E-state index contributed by atoms with van der Waals surface area (Å²) in [6.45, 7) is 2.09. The fourth-order valence-electron chi connectivity index (χ4n) is 3.79. The van der Waals surface area contributed by atoms with Gasteiger partial charge in [-0.2, -0.15) is 0 Å². The van der Waals surface area contributed by atoms with Crippen molar-refractivity contribution in [3.8, 4) is 17.1 Å². The van der Waals surface area contributed by atoms with Crippen LogP contribution < -0.4 is 10.2 Å². The maximum atomic E-state index is 13.5. The van der Waals surface area contributed by atoms with Crippen LogP contribution in [-0.2, 0) is 6.61 Å². The molecule has 0 atom stereocenters. The highest BCUT2D eigenvalue weighted by Gasteiger charge is 2.19. The quantitative estimate of drug-likeness (QED) is 0.274. The molecule has 0 aliphatic carbocycles. The number of rotatable bonds is 4. The minimum atomic E-state index is -0.265. The van der Waals surface area contributed by atoms with Crippen LogP contribution in [0.4, 0.5) is 0 Å². The summed E-state index contributed by atoms with van der Waals surface area (Å²) < 4.78 is 12.3. The number of halogens is 2. The minimum absolute atomic E-state index is 0.146. The van der Waals surface area contributed by atoms with Crippen LogP contribution in [0.2, 0.25) is 10.0 Å². The molecular weight excluding hydrogens is 443 g/mol. The molecule has 0 spiro atoms. The van der Waals surface area contributed by atoms with Crippen LogP contribution in [0.25, 0.3) is 33.1 Å². The third-order valence-corrected chi connectivity index (χ3v) is 6.15. The highest BCUT2D eigenvalue weighted by atomic mass is 35.5. The molecule has 0 aliphatic heterocycles. The van der Waals surface area contributed by atoms with Crippen LogP contribution in [0.3, 0.4) is 0 Å². The summed E-state index contributed by atoms with van der Waals surface area (Å²) in [5.41, 5.74) is 2.70. The van der Waals surface area contributed by atoms with Crippen LogP contribution in [0.15, 0.2) is 88.1 Å². The third kappa shape index (κ3) is 3.75. The molecule has 1 heterocycles. The lowest BCUT2D eigenvalue weighted by Gasteiger charge is -2.13. The Morgan fingerprint density at radius 3 is 2.44 bits per heavy atom. The lowest BCUT2D eigenvalue weighted by molar-refractivity contribution is 0.299. The predicted molar refractivity (Wildman–Crippen MR) is 131 cm³/mol. The predicted octanol–water partition coefficient (Wildman–Crippen LogP) is 7.81. The van der Waals surface area contributed by atoms with Gasteiger partial charge in [-0.05, 0) is 65.2 Å². The average molecular weight is 461 g/mol. The first-order valence-electron chi connectivity index (χ1n) is 10.1. The van der Waals surface area contributed by atoms with Gasteiger partial charge < -0.3 is 9.15 Å². The van der Waals surface area contributed by atoms with Crippen molar-refractivity contribution in [3.63, 3.8) is 0 Å². The highest BCUT2D eigenvalue weighted by Crippen LogP contribution is 2.34. The smallest absolute Gasteiger partial charge is 0.235 e. The van der Waals surface area contributed by atoms with Crippen molar-refractivity contribution in [1.29, 1.82) is 0 Å². The molecule has 158 valence electrons. The Balaban J connectivity index is 1.66. The Kier molecular flexibility index (Phi) is 5.38. The molecule has 1 aromatic heterocycles. The second-order valence-corrected chi connectivity index (χ2v) is 8.46. The SMILES string of the molecule is Cc1cc2oc(-c3ccc(Cl)cc3)c(OCc3cccc4ccccc34)c(=O)c2cc1Cl. The molecule has 5 heteroatoms. The van der Waals surface area contributed by atoms with E-state index < -0.39 is 0 Å². The summed E-state index contributed by atoms with van der Waals surface area (Å²) >= 11 is 12.4. The van der Waals surface area contributed by atoms with Crippen molar-refractivity contribution >= 4 is 44.9 Å². The number of ether oxygens (including phenoxy) is 1. The summed E-state index contributed by atoms with van der Waals surface area (Å²) in [6.07, 6.45) is 0. The summed E-state index contributed by atoms with van der Waals surface area (Å²) in [7, 11) is 0. The molecule has 4 aromatic carbocycles. The molecule has 0 bridgehead atoms. The topological polar surface area (TPSA) is 39.4 Å². The van der Waals surface area contributed by atoms with Gasteiger partial charge in [0.25, 0.3) is 0 Å². The van der Waals surface area contributed by atoms with E-state index in [9.17, 15) is 4.79 Å². The first-order valence-corrected chi connectivity index (χ1v) is 10.9. The normalized spacial score (nSPS) is 11.2. The highest BCUT2D eigenvalue weighted by molar-refractivity contribution is 6.32. The lowest BCUT2D eigenvalue weighted by Crippen LogP contribution is -2.10. The monoisotopic (exact) mass is 460 g/mol. The van der Waals surface area contributed by atoms with Gasteiger partial charge in [0, 0.05) is 15.6 Å².